The maximum atomic E-state index is 12.5. The van der Waals surface area contributed by atoms with Gasteiger partial charge in [0.1, 0.15) is 5.82 Å². The number of amides is 1. The Labute approximate surface area is 165 Å². The first-order valence-electron chi connectivity index (χ1n) is 8.50. The summed E-state index contributed by atoms with van der Waals surface area (Å²) < 4.78 is 0.631. The molecule has 0 spiro atoms. The van der Waals surface area contributed by atoms with Gasteiger partial charge in [0.05, 0.1) is 9.21 Å². The summed E-state index contributed by atoms with van der Waals surface area (Å²) in [7, 11) is 0. The predicted octanol–water partition coefficient (Wildman–Crippen LogP) is 3.29. The number of anilines is 3. The highest BCUT2D eigenvalue weighted by Crippen LogP contribution is 2.24. The van der Waals surface area contributed by atoms with E-state index in [2.05, 4.69) is 25.4 Å². The summed E-state index contributed by atoms with van der Waals surface area (Å²) >= 11 is 7.24. The second-order valence-electron chi connectivity index (χ2n) is 6.00. The minimum absolute atomic E-state index is 0.0348. The molecule has 0 radical (unpaired) electrons. The highest BCUT2D eigenvalue weighted by atomic mass is 35.5. The van der Waals surface area contributed by atoms with Gasteiger partial charge in [-0.1, -0.05) is 17.7 Å². The summed E-state index contributed by atoms with van der Waals surface area (Å²) in [6.45, 7) is 2.72. The molecule has 1 saturated heterocycles. The molecule has 0 bridgehead atoms. The molecule has 1 aliphatic heterocycles. The van der Waals surface area contributed by atoms with Crippen molar-refractivity contribution in [2.45, 2.75) is 0 Å². The summed E-state index contributed by atoms with van der Waals surface area (Å²) in [4.78, 5) is 21.4. The summed E-state index contributed by atoms with van der Waals surface area (Å²) in [6, 6.07) is 13.0. The van der Waals surface area contributed by atoms with Crippen molar-refractivity contribution in [1.29, 1.82) is 0 Å². The molecule has 3 aromatic rings. The second-order valence-corrected chi connectivity index (χ2v) is 7.71. The zero-order valence-corrected chi connectivity index (χ0v) is 16.0. The van der Waals surface area contributed by atoms with Crippen LogP contribution in [0.15, 0.2) is 48.7 Å². The Kier molecular flexibility index (Phi) is 5.17. The summed E-state index contributed by atoms with van der Waals surface area (Å²) in [5.74, 6) is 2.20. The maximum Gasteiger partial charge on any atom is 0.264 e. The molecule has 1 N–H and O–H groups in total. The van der Waals surface area contributed by atoms with Gasteiger partial charge in [0.25, 0.3) is 5.91 Å². The van der Waals surface area contributed by atoms with Crippen LogP contribution in [0.4, 0.5) is 17.5 Å². The first kappa shape index (κ1) is 17.7. The summed E-state index contributed by atoms with van der Waals surface area (Å²) in [5, 5.41) is 11.6. The van der Waals surface area contributed by atoms with Crippen LogP contribution in [0.3, 0.4) is 0 Å². The van der Waals surface area contributed by atoms with E-state index in [1.54, 1.807) is 18.3 Å². The molecule has 27 heavy (non-hydrogen) atoms. The van der Waals surface area contributed by atoms with Gasteiger partial charge in [-0.2, -0.15) is 0 Å². The Bertz CT molecular complexity index is 909. The molecule has 4 rings (SSSR count). The lowest BCUT2D eigenvalue weighted by atomic mass is 10.3. The molecule has 138 valence electrons. The van der Waals surface area contributed by atoms with Crippen LogP contribution in [0, 0.1) is 0 Å². The summed E-state index contributed by atoms with van der Waals surface area (Å²) in [6.07, 6.45) is 1.72. The monoisotopic (exact) mass is 400 g/mol. The minimum atomic E-state index is 0.0348. The van der Waals surface area contributed by atoms with Crippen molar-refractivity contribution in [1.82, 2.24) is 20.1 Å². The van der Waals surface area contributed by atoms with Crippen LogP contribution in [-0.2, 0) is 0 Å². The SMILES string of the molecule is O=C(c1ccc(Cl)s1)N1CCN(c2ccc(Nc3ccccn3)nn2)CC1. The van der Waals surface area contributed by atoms with Crippen LogP contribution in [0.2, 0.25) is 4.34 Å². The number of carbonyl (C=O) groups is 1. The number of nitrogens with one attached hydrogen (secondary N) is 1. The number of thiophene rings is 1. The van der Waals surface area contributed by atoms with E-state index in [9.17, 15) is 4.79 Å². The quantitative estimate of drug-likeness (QED) is 0.724. The van der Waals surface area contributed by atoms with Crippen molar-refractivity contribution in [3.8, 4) is 0 Å². The smallest absolute Gasteiger partial charge is 0.264 e. The average molecular weight is 401 g/mol. The van der Waals surface area contributed by atoms with Gasteiger partial charge in [0.15, 0.2) is 11.6 Å². The molecular weight excluding hydrogens is 384 g/mol. The molecule has 1 fully saturated rings. The van der Waals surface area contributed by atoms with E-state index in [-0.39, 0.29) is 5.91 Å². The Morgan fingerprint density at radius 1 is 1.00 bits per heavy atom. The van der Waals surface area contributed by atoms with Gasteiger partial charge in [-0.3, -0.25) is 4.79 Å². The van der Waals surface area contributed by atoms with Crippen LogP contribution < -0.4 is 10.2 Å². The van der Waals surface area contributed by atoms with Crippen LogP contribution >= 0.6 is 22.9 Å². The van der Waals surface area contributed by atoms with Gasteiger partial charge in [0, 0.05) is 32.4 Å². The maximum absolute atomic E-state index is 12.5. The number of hydrogen-bond acceptors (Lipinski definition) is 7. The van der Waals surface area contributed by atoms with Crippen molar-refractivity contribution in [2.24, 2.45) is 0 Å². The van der Waals surface area contributed by atoms with E-state index in [0.29, 0.717) is 41.2 Å². The van der Waals surface area contributed by atoms with Gasteiger partial charge in [-0.25, -0.2) is 4.98 Å². The molecule has 3 aromatic heterocycles. The van der Waals surface area contributed by atoms with Gasteiger partial charge in [-0.15, -0.1) is 21.5 Å². The first-order chi connectivity index (χ1) is 13.2. The van der Waals surface area contributed by atoms with Crippen molar-refractivity contribution in [2.75, 3.05) is 36.4 Å². The van der Waals surface area contributed by atoms with Crippen molar-refractivity contribution in [3.63, 3.8) is 0 Å². The van der Waals surface area contributed by atoms with E-state index in [1.807, 2.05) is 35.2 Å². The molecule has 0 atom stereocenters. The third-order valence-corrected chi connectivity index (χ3v) is 5.47. The number of aromatic nitrogens is 3. The Balaban J connectivity index is 1.35. The molecular formula is C18H17ClN6OS. The highest BCUT2D eigenvalue weighted by molar-refractivity contribution is 7.17. The molecule has 0 unspecified atom stereocenters. The lowest BCUT2D eigenvalue weighted by Crippen LogP contribution is -2.48. The average Bonchev–Trinajstić information content (AvgIpc) is 3.15. The lowest BCUT2D eigenvalue weighted by molar-refractivity contribution is 0.0751. The number of halogens is 1. The van der Waals surface area contributed by atoms with E-state index in [4.69, 9.17) is 11.6 Å². The molecule has 0 saturated carbocycles. The number of nitrogens with zero attached hydrogens (tertiary/aromatic N) is 5. The molecule has 0 aliphatic carbocycles. The Morgan fingerprint density at radius 2 is 1.85 bits per heavy atom. The van der Waals surface area contributed by atoms with Crippen LogP contribution in [0.25, 0.3) is 0 Å². The standard InChI is InChI=1S/C18H17ClN6OS/c19-14-5-4-13(27-14)18(26)25-11-9-24(10-12-25)17-7-6-16(22-23-17)21-15-3-1-2-8-20-15/h1-8H,9-12H2,(H,20,21,22). The second kappa shape index (κ2) is 7.89. The fourth-order valence-electron chi connectivity index (χ4n) is 2.85. The number of piperazine rings is 1. The van der Waals surface area contributed by atoms with Crippen molar-refractivity contribution < 1.29 is 4.79 Å². The predicted molar refractivity (Wildman–Crippen MR) is 107 cm³/mol. The zero-order chi connectivity index (χ0) is 18.6. The number of pyridine rings is 1. The van der Waals surface area contributed by atoms with Gasteiger partial charge >= 0.3 is 0 Å². The van der Waals surface area contributed by atoms with Gasteiger partial charge in [0.2, 0.25) is 0 Å². The molecule has 9 heteroatoms. The van der Waals surface area contributed by atoms with Gasteiger partial charge in [-0.05, 0) is 36.4 Å². The topological polar surface area (TPSA) is 74.2 Å². The molecule has 1 aliphatic rings. The van der Waals surface area contributed by atoms with Crippen LogP contribution in [-0.4, -0.2) is 52.2 Å². The van der Waals surface area contributed by atoms with E-state index in [1.165, 1.54) is 11.3 Å². The highest BCUT2D eigenvalue weighted by Gasteiger charge is 2.24. The lowest BCUT2D eigenvalue weighted by Gasteiger charge is -2.35. The third-order valence-electron chi connectivity index (χ3n) is 4.25. The summed E-state index contributed by atoms with van der Waals surface area (Å²) in [5.41, 5.74) is 0. The minimum Gasteiger partial charge on any atom is -0.352 e. The van der Waals surface area contributed by atoms with E-state index < -0.39 is 0 Å². The van der Waals surface area contributed by atoms with Crippen LogP contribution in [0.5, 0.6) is 0 Å². The van der Waals surface area contributed by atoms with E-state index in [0.717, 1.165) is 11.6 Å². The normalized spacial score (nSPS) is 14.3. The molecule has 1 amide bonds. The number of rotatable bonds is 4. The van der Waals surface area contributed by atoms with Crippen molar-refractivity contribution >= 4 is 46.3 Å². The third kappa shape index (κ3) is 4.17. The zero-order valence-electron chi connectivity index (χ0n) is 14.4. The fraction of sp³-hybridized carbons (Fsp3) is 0.222. The van der Waals surface area contributed by atoms with E-state index >= 15 is 0 Å². The largest absolute Gasteiger partial charge is 0.352 e. The molecule has 4 heterocycles. The number of carbonyl (C=O) groups excluding carboxylic acids is 1. The number of hydrogen-bond donors (Lipinski definition) is 1. The van der Waals surface area contributed by atoms with Crippen molar-refractivity contribution in [3.05, 3.63) is 57.9 Å². The fourth-order valence-corrected chi connectivity index (χ4v) is 3.86. The van der Waals surface area contributed by atoms with Gasteiger partial charge < -0.3 is 15.1 Å². The Hall–Kier alpha value is -2.71. The Morgan fingerprint density at radius 3 is 2.48 bits per heavy atom. The van der Waals surface area contributed by atoms with Crippen LogP contribution in [0.1, 0.15) is 9.67 Å². The molecule has 7 nitrogen and oxygen atoms in total. The first-order valence-corrected chi connectivity index (χ1v) is 9.70. The molecule has 0 aromatic carbocycles.